The van der Waals surface area contributed by atoms with Gasteiger partial charge in [-0.25, -0.2) is 0 Å². The Labute approximate surface area is 180 Å². The van der Waals surface area contributed by atoms with Gasteiger partial charge in [-0.15, -0.1) is 0 Å². The van der Waals surface area contributed by atoms with Crippen LogP contribution in [0.1, 0.15) is 40.0 Å². The topological polar surface area (TPSA) is 181 Å². The maximum Gasteiger partial charge on any atom is 0.248 e. The van der Waals surface area contributed by atoms with Crippen molar-refractivity contribution in [3.8, 4) is 11.5 Å². The molecule has 0 aromatic heterocycles. The molecule has 1 aliphatic rings. The van der Waals surface area contributed by atoms with Gasteiger partial charge in [0.1, 0.15) is 22.9 Å². The molecule has 0 saturated carbocycles. The van der Waals surface area contributed by atoms with Gasteiger partial charge in [-0.1, -0.05) is 0 Å². The molecule has 10 heteroatoms. The number of fused-ring (bicyclic) bond motifs is 2. The standard InChI is InChI=1S/C21H28N6O4/c22-14-8-12(20(24)28)10-16-18(14)26-4-1-2-5-27-19-15(23)9-13(21(25)29)11-17(19)31-7-3-6-30-16/h8-11,26-27H,1-7,22-23H2,(H2,24,28)(H2,25,29). The van der Waals surface area contributed by atoms with Gasteiger partial charge in [-0.05, 0) is 37.1 Å². The molecule has 2 aromatic rings. The molecular weight excluding hydrogens is 400 g/mol. The first-order valence-electron chi connectivity index (χ1n) is 10.1. The van der Waals surface area contributed by atoms with Crippen molar-refractivity contribution in [2.24, 2.45) is 11.5 Å². The van der Waals surface area contributed by atoms with E-state index >= 15 is 0 Å². The first-order chi connectivity index (χ1) is 14.9. The van der Waals surface area contributed by atoms with E-state index in [1.807, 2.05) is 0 Å². The first kappa shape index (κ1) is 21.9. The number of nitrogen functional groups attached to an aromatic ring is 2. The van der Waals surface area contributed by atoms with E-state index in [4.69, 9.17) is 32.4 Å². The van der Waals surface area contributed by atoms with Crippen molar-refractivity contribution in [3.05, 3.63) is 35.4 Å². The highest BCUT2D eigenvalue weighted by Crippen LogP contribution is 2.34. The van der Waals surface area contributed by atoms with Crippen LogP contribution in [-0.2, 0) is 0 Å². The predicted octanol–water partition coefficient (Wildman–Crippen LogP) is 1.51. The Morgan fingerprint density at radius 1 is 0.710 bits per heavy atom. The summed E-state index contributed by atoms with van der Waals surface area (Å²) in [5, 5.41) is 6.56. The molecule has 0 bridgehead atoms. The molecule has 0 atom stereocenters. The van der Waals surface area contributed by atoms with Crippen LogP contribution in [0.25, 0.3) is 0 Å². The van der Waals surface area contributed by atoms with E-state index in [0.717, 1.165) is 12.8 Å². The minimum Gasteiger partial charge on any atom is -0.491 e. The average Bonchev–Trinajstić information content (AvgIpc) is 2.72. The Morgan fingerprint density at radius 3 is 1.52 bits per heavy atom. The van der Waals surface area contributed by atoms with Gasteiger partial charge in [0, 0.05) is 30.6 Å². The van der Waals surface area contributed by atoms with Gasteiger partial charge in [-0.2, -0.15) is 0 Å². The molecule has 0 radical (unpaired) electrons. The summed E-state index contributed by atoms with van der Waals surface area (Å²) in [6.45, 7) is 1.92. The second kappa shape index (κ2) is 9.79. The van der Waals surface area contributed by atoms with Crippen molar-refractivity contribution >= 4 is 34.6 Å². The lowest BCUT2D eigenvalue weighted by atomic mass is 10.1. The van der Waals surface area contributed by atoms with Crippen LogP contribution in [-0.4, -0.2) is 38.1 Å². The van der Waals surface area contributed by atoms with Crippen molar-refractivity contribution in [1.29, 1.82) is 0 Å². The number of ether oxygens (including phenoxy) is 2. The zero-order chi connectivity index (χ0) is 22.4. The maximum absolute atomic E-state index is 11.6. The van der Waals surface area contributed by atoms with E-state index in [1.165, 1.54) is 12.1 Å². The quantitative estimate of drug-likeness (QED) is 0.389. The zero-order valence-corrected chi connectivity index (χ0v) is 17.2. The monoisotopic (exact) mass is 428 g/mol. The molecule has 166 valence electrons. The van der Waals surface area contributed by atoms with Crippen molar-refractivity contribution in [2.45, 2.75) is 19.3 Å². The van der Waals surface area contributed by atoms with Gasteiger partial charge in [0.2, 0.25) is 11.8 Å². The lowest BCUT2D eigenvalue weighted by molar-refractivity contribution is 0.0991. The summed E-state index contributed by atoms with van der Waals surface area (Å²) in [5.41, 5.74) is 25.6. The summed E-state index contributed by atoms with van der Waals surface area (Å²) in [6, 6.07) is 6.23. The third-order valence-corrected chi connectivity index (χ3v) is 4.85. The van der Waals surface area contributed by atoms with Gasteiger partial charge < -0.3 is 43.0 Å². The van der Waals surface area contributed by atoms with Crippen molar-refractivity contribution < 1.29 is 19.1 Å². The summed E-state index contributed by atoms with van der Waals surface area (Å²) >= 11 is 0. The average molecular weight is 428 g/mol. The number of carbonyl (C=O) groups excluding carboxylic acids is 2. The van der Waals surface area contributed by atoms with E-state index in [1.54, 1.807) is 12.1 Å². The third-order valence-electron chi connectivity index (χ3n) is 4.85. The summed E-state index contributed by atoms with van der Waals surface area (Å²) in [7, 11) is 0. The van der Waals surface area contributed by atoms with E-state index < -0.39 is 11.8 Å². The molecule has 3 rings (SSSR count). The minimum atomic E-state index is -0.581. The molecule has 0 fully saturated rings. The van der Waals surface area contributed by atoms with E-state index in [2.05, 4.69) is 10.6 Å². The molecule has 1 aliphatic heterocycles. The lowest BCUT2D eigenvalue weighted by Gasteiger charge is -2.17. The molecule has 0 aliphatic carbocycles. The zero-order valence-electron chi connectivity index (χ0n) is 17.2. The van der Waals surface area contributed by atoms with Crippen molar-refractivity contribution in [3.63, 3.8) is 0 Å². The number of amides is 2. The number of primary amides is 2. The Hall–Kier alpha value is -3.82. The largest absolute Gasteiger partial charge is 0.491 e. The lowest BCUT2D eigenvalue weighted by Crippen LogP contribution is -2.14. The summed E-state index contributed by atoms with van der Waals surface area (Å²) in [5.74, 6) is -0.240. The number of hydrogen-bond acceptors (Lipinski definition) is 8. The van der Waals surface area contributed by atoms with Gasteiger partial charge >= 0.3 is 0 Å². The molecule has 2 aromatic carbocycles. The number of rotatable bonds is 2. The molecular formula is C21H28N6O4. The Kier molecular flexibility index (Phi) is 6.91. The van der Waals surface area contributed by atoms with Gasteiger partial charge in [0.05, 0.1) is 24.6 Å². The van der Waals surface area contributed by atoms with Crippen LogP contribution in [0.5, 0.6) is 11.5 Å². The number of hydrogen-bond donors (Lipinski definition) is 6. The Bertz CT molecular complexity index is 901. The highest BCUT2D eigenvalue weighted by atomic mass is 16.5. The predicted molar refractivity (Wildman–Crippen MR) is 121 cm³/mol. The Morgan fingerprint density at radius 2 is 1.13 bits per heavy atom. The van der Waals surface area contributed by atoms with Crippen LogP contribution in [0.2, 0.25) is 0 Å². The minimum absolute atomic E-state index is 0.278. The Balaban J connectivity index is 1.81. The first-order valence-corrected chi connectivity index (χ1v) is 10.1. The molecule has 2 amide bonds. The fraction of sp³-hybridized carbons (Fsp3) is 0.333. The molecule has 10 nitrogen and oxygen atoms in total. The fourth-order valence-corrected chi connectivity index (χ4v) is 3.26. The SMILES string of the molecule is NC(=O)c1cc(N)c2c(c1)OCCCOc1cc(C(N)=O)cc(N)c1NCCCCN2. The number of anilines is 4. The van der Waals surface area contributed by atoms with E-state index in [0.29, 0.717) is 67.0 Å². The van der Waals surface area contributed by atoms with Crippen molar-refractivity contribution in [2.75, 3.05) is 48.4 Å². The highest BCUT2D eigenvalue weighted by Gasteiger charge is 2.15. The van der Waals surface area contributed by atoms with Crippen LogP contribution in [0.4, 0.5) is 22.7 Å². The normalized spacial score (nSPS) is 14.7. The highest BCUT2D eigenvalue weighted by molar-refractivity contribution is 5.97. The fourth-order valence-electron chi connectivity index (χ4n) is 3.26. The van der Waals surface area contributed by atoms with Gasteiger partial charge in [0.25, 0.3) is 0 Å². The van der Waals surface area contributed by atoms with Crippen LogP contribution in [0.15, 0.2) is 24.3 Å². The molecule has 1 heterocycles. The van der Waals surface area contributed by atoms with Gasteiger partial charge in [0.15, 0.2) is 0 Å². The van der Waals surface area contributed by atoms with Crippen LogP contribution in [0, 0.1) is 0 Å². The summed E-state index contributed by atoms with van der Waals surface area (Å²) in [4.78, 5) is 23.2. The molecule has 0 unspecified atom stereocenters. The maximum atomic E-state index is 11.6. The van der Waals surface area contributed by atoms with E-state index in [-0.39, 0.29) is 11.1 Å². The molecule has 0 saturated heterocycles. The molecule has 10 N–H and O–H groups in total. The summed E-state index contributed by atoms with van der Waals surface area (Å²) < 4.78 is 11.7. The molecule has 31 heavy (non-hydrogen) atoms. The number of carbonyl (C=O) groups is 2. The number of benzene rings is 2. The smallest absolute Gasteiger partial charge is 0.248 e. The number of nitrogens with one attached hydrogen (secondary N) is 2. The van der Waals surface area contributed by atoms with Crippen LogP contribution in [0.3, 0.4) is 0 Å². The number of nitrogens with two attached hydrogens (primary N) is 4. The van der Waals surface area contributed by atoms with E-state index in [9.17, 15) is 9.59 Å². The van der Waals surface area contributed by atoms with Gasteiger partial charge in [-0.3, -0.25) is 9.59 Å². The van der Waals surface area contributed by atoms with Crippen LogP contribution >= 0.6 is 0 Å². The molecule has 0 spiro atoms. The van der Waals surface area contributed by atoms with Crippen molar-refractivity contribution in [1.82, 2.24) is 0 Å². The second-order valence-corrected chi connectivity index (χ2v) is 7.22. The second-order valence-electron chi connectivity index (χ2n) is 7.22. The third kappa shape index (κ3) is 5.41. The van der Waals surface area contributed by atoms with Crippen LogP contribution < -0.4 is 43.0 Å². The summed E-state index contributed by atoms with van der Waals surface area (Å²) in [6.07, 6.45) is 2.19.